The topological polar surface area (TPSA) is 63.6 Å². The van der Waals surface area contributed by atoms with E-state index >= 15 is 0 Å². The Hall–Kier alpha value is -1.84. The van der Waals surface area contributed by atoms with E-state index in [0.717, 1.165) is 38.5 Å². The monoisotopic (exact) mass is 496 g/mol. The highest BCUT2D eigenvalue weighted by Crippen LogP contribution is 2.71. The summed E-state index contributed by atoms with van der Waals surface area (Å²) in [6.45, 7) is 17.8. The van der Waals surface area contributed by atoms with Crippen molar-refractivity contribution in [2.45, 2.75) is 113 Å². The van der Waals surface area contributed by atoms with Crippen LogP contribution in [0.25, 0.3) is 0 Å². The number of hydrogen-bond acceptors (Lipinski definition) is 3. The molecular weight excluding hydrogens is 448 g/mol. The molecule has 0 unspecified atom stereocenters. The van der Waals surface area contributed by atoms with Gasteiger partial charge in [0.2, 0.25) is 0 Å². The summed E-state index contributed by atoms with van der Waals surface area (Å²) in [4.78, 5) is 23.0. The summed E-state index contributed by atoms with van der Waals surface area (Å²) in [7, 11) is 0. The highest BCUT2D eigenvalue weighted by molar-refractivity contribution is 5.85. The largest absolute Gasteiger partial charge is 0.478 e. The maximum Gasteiger partial charge on any atom is 0.330 e. The predicted molar refractivity (Wildman–Crippen MR) is 144 cm³/mol. The molecule has 4 rings (SSSR count). The van der Waals surface area contributed by atoms with Gasteiger partial charge >= 0.3 is 11.9 Å². The Kier molecular flexibility index (Phi) is 6.93. The van der Waals surface area contributed by atoms with Crippen molar-refractivity contribution in [3.8, 4) is 0 Å². The Morgan fingerprint density at radius 2 is 1.78 bits per heavy atom. The van der Waals surface area contributed by atoms with Crippen LogP contribution in [0.5, 0.6) is 0 Å². The number of allylic oxidation sites excluding steroid dienone is 5. The second-order valence-corrected chi connectivity index (χ2v) is 13.7. The molecule has 0 amide bonds. The quantitative estimate of drug-likeness (QED) is 0.300. The van der Waals surface area contributed by atoms with Crippen LogP contribution in [0, 0.1) is 39.4 Å². The highest BCUT2D eigenvalue weighted by Gasteiger charge is 2.63. The van der Waals surface area contributed by atoms with Gasteiger partial charge in [0.1, 0.15) is 6.10 Å². The van der Waals surface area contributed by atoms with Crippen molar-refractivity contribution in [2.24, 2.45) is 39.4 Å². The second kappa shape index (κ2) is 9.17. The number of carbonyl (C=O) groups excluding carboxylic acids is 1. The van der Waals surface area contributed by atoms with Gasteiger partial charge in [0.25, 0.3) is 0 Å². The molecular formula is C32H48O4. The van der Waals surface area contributed by atoms with Gasteiger partial charge in [0.05, 0.1) is 0 Å². The van der Waals surface area contributed by atoms with Crippen LogP contribution in [0.1, 0.15) is 107 Å². The number of aliphatic carboxylic acids is 1. The lowest BCUT2D eigenvalue weighted by molar-refractivity contribution is -0.165. The molecule has 0 heterocycles. The van der Waals surface area contributed by atoms with Crippen LogP contribution in [-0.2, 0) is 14.3 Å². The fourth-order valence-electron chi connectivity index (χ4n) is 9.19. The molecule has 4 heteroatoms. The van der Waals surface area contributed by atoms with Crippen LogP contribution in [-0.4, -0.2) is 23.1 Å². The zero-order chi connectivity index (χ0) is 26.7. The molecule has 4 aliphatic carbocycles. The summed E-state index contributed by atoms with van der Waals surface area (Å²) >= 11 is 0. The van der Waals surface area contributed by atoms with Crippen molar-refractivity contribution < 1.29 is 19.4 Å². The molecule has 0 saturated heterocycles. The fourth-order valence-corrected chi connectivity index (χ4v) is 9.19. The zero-order valence-electron chi connectivity index (χ0n) is 23.9. The average molecular weight is 497 g/mol. The summed E-state index contributed by atoms with van der Waals surface area (Å²) in [6, 6.07) is 0. The van der Waals surface area contributed by atoms with Gasteiger partial charge in [-0.05, 0) is 103 Å². The van der Waals surface area contributed by atoms with Gasteiger partial charge in [-0.1, -0.05) is 59.8 Å². The van der Waals surface area contributed by atoms with E-state index in [4.69, 9.17) is 4.74 Å². The standard InChI is InChI=1S/C32H48O4/c1-20(10-9-11-21(2)28(34)35)23-14-18-32(8)25-12-13-26-29(4,5)27(36-22(3)33)16-17-30(26,6)24(25)15-19-31(23,32)7/h11-12,15,20,23,26-27H,9-10,13-14,16-19H2,1-8H3,(H,34,35)/b21-11+/t20-,23+,26+,27+,30+,31+,32-/m0/s1. The molecule has 0 spiro atoms. The molecule has 2 saturated carbocycles. The van der Waals surface area contributed by atoms with Crippen molar-refractivity contribution >= 4 is 11.9 Å². The molecule has 0 aromatic heterocycles. The molecule has 2 fully saturated rings. The minimum Gasteiger partial charge on any atom is -0.478 e. The first-order valence-corrected chi connectivity index (χ1v) is 14.2. The van der Waals surface area contributed by atoms with Gasteiger partial charge in [-0.2, -0.15) is 0 Å². The maximum atomic E-state index is 11.8. The Morgan fingerprint density at radius 1 is 1.08 bits per heavy atom. The molecule has 0 aromatic carbocycles. The van der Waals surface area contributed by atoms with E-state index in [9.17, 15) is 14.7 Å². The minimum absolute atomic E-state index is 0.0106. The number of carboxylic acids is 1. The van der Waals surface area contributed by atoms with E-state index in [-0.39, 0.29) is 33.7 Å². The van der Waals surface area contributed by atoms with Crippen molar-refractivity contribution in [2.75, 3.05) is 0 Å². The lowest BCUT2D eigenvalue weighted by Gasteiger charge is -2.61. The number of carbonyl (C=O) groups is 2. The fraction of sp³-hybridized carbons (Fsp3) is 0.750. The highest BCUT2D eigenvalue weighted by atomic mass is 16.5. The number of hydrogen-bond donors (Lipinski definition) is 1. The van der Waals surface area contributed by atoms with E-state index in [1.165, 1.54) is 19.8 Å². The summed E-state index contributed by atoms with van der Waals surface area (Å²) in [5, 5.41) is 9.18. The van der Waals surface area contributed by atoms with E-state index < -0.39 is 5.97 Å². The molecule has 200 valence electrons. The molecule has 4 aliphatic rings. The van der Waals surface area contributed by atoms with Crippen molar-refractivity contribution in [1.29, 1.82) is 0 Å². The molecule has 4 nitrogen and oxygen atoms in total. The van der Waals surface area contributed by atoms with Crippen molar-refractivity contribution in [1.82, 2.24) is 0 Å². The summed E-state index contributed by atoms with van der Waals surface area (Å²) in [6.07, 6.45) is 15.6. The molecule has 7 atom stereocenters. The van der Waals surface area contributed by atoms with Crippen LogP contribution in [0.15, 0.2) is 34.9 Å². The van der Waals surface area contributed by atoms with Gasteiger partial charge < -0.3 is 9.84 Å². The Balaban J connectivity index is 1.60. The molecule has 0 radical (unpaired) electrons. The first-order valence-electron chi connectivity index (χ1n) is 14.2. The van der Waals surface area contributed by atoms with Crippen LogP contribution in [0.2, 0.25) is 0 Å². The summed E-state index contributed by atoms with van der Waals surface area (Å²) in [5.74, 6) is 0.695. The van der Waals surface area contributed by atoms with Gasteiger partial charge in [-0.3, -0.25) is 4.79 Å². The van der Waals surface area contributed by atoms with E-state index in [2.05, 4.69) is 53.7 Å². The van der Waals surface area contributed by atoms with E-state index in [0.29, 0.717) is 23.3 Å². The van der Waals surface area contributed by atoms with Crippen molar-refractivity contribution in [3.05, 3.63) is 34.9 Å². The van der Waals surface area contributed by atoms with Crippen LogP contribution >= 0.6 is 0 Å². The van der Waals surface area contributed by atoms with Gasteiger partial charge in [-0.15, -0.1) is 0 Å². The summed E-state index contributed by atoms with van der Waals surface area (Å²) < 4.78 is 5.83. The number of ether oxygens (including phenoxy) is 1. The smallest absolute Gasteiger partial charge is 0.330 e. The predicted octanol–water partition coefficient (Wildman–Crippen LogP) is 7.89. The zero-order valence-corrected chi connectivity index (χ0v) is 23.9. The van der Waals surface area contributed by atoms with Gasteiger partial charge in [0.15, 0.2) is 0 Å². The average Bonchev–Trinajstić information content (AvgIpc) is 3.07. The first kappa shape index (κ1) is 27.2. The molecule has 0 aliphatic heterocycles. The molecule has 36 heavy (non-hydrogen) atoms. The third-order valence-electron chi connectivity index (χ3n) is 11.6. The van der Waals surface area contributed by atoms with Crippen LogP contribution < -0.4 is 0 Å². The molecule has 0 aromatic rings. The third-order valence-corrected chi connectivity index (χ3v) is 11.6. The van der Waals surface area contributed by atoms with Gasteiger partial charge in [-0.25, -0.2) is 4.79 Å². The first-order chi connectivity index (χ1) is 16.7. The van der Waals surface area contributed by atoms with Crippen LogP contribution in [0.3, 0.4) is 0 Å². The number of rotatable bonds is 6. The number of fused-ring (bicyclic) bond motifs is 5. The molecule has 0 bridgehead atoms. The van der Waals surface area contributed by atoms with Gasteiger partial charge in [0, 0.05) is 17.9 Å². The van der Waals surface area contributed by atoms with E-state index in [1.54, 1.807) is 18.1 Å². The Bertz CT molecular complexity index is 1020. The second-order valence-electron chi connectivity index (χ2n) is 13.7. The van der Waals surface area contributed by atoms with Crippen LogP contribution in [0.4, 0.5) is 0 Å². The molecule has 1 N–H and O–H groups in total. The summed E-state index contributed by atoms with van der Waals surface area (Å²) in [5.41, 5.74) is 4.11. The lowest BCUT2D eigenvalue weighted by atomic mass is 9.44. The number of carboxylic acid groups (broad SMARTS) is 1. The van der Waals surface area contributed by atoms with Crippen molar-refractivity contribution in [3.63, 3.8) is 0 Å². The Morgan fingerprint density at radius 3 is 2.42 bits per heavy atom. The third kappa shape index (κ3) is 4.02. The van der Waals surface area contributed by atoms with E-state index in [1.807, 2.05) is 6.08 Å². The minimum atomic E-state index is -0.811. The normalized spacial score (nSPS) is 40.2. The SMILES string of the molecule is CC(=O)O[C@@H]1CC[C@]2(C)C3=CC[C@]4(C)[C@@H]([C@@H](C)CC/C=C(\C)C(=O)O)CC[C@@]4(C)C3=CC[C@@H]2C1(C)C. The maximum absolute atomic E-state index is 11.8. The Labute approximate surface area is 218 Å². The lowest BCUT2D eigenvalue weighted by Crippen LogP contribution is -2.55. The number of esters is 1.